The van der Waals surface area contributed by atoms with E-state index in [0.29, 0.717) is 6.54 Å². The van der Waals surface area contributed by atoms with Gasteiger partial charge in [-0.05, 0) is 37.5 Å². The van der Waals surface area contributed by atoms with Gasteiger partial charge < -0.3 is 9.88 Å². The molecule has 1 aromatic carbocycles. The van der Waals surface area contributed by atoms with Crippen molar-refractivity contribution in [3.05, 3.63) is 47.3 Å². The Morgan fingerprint density at radius 2 is 2.25 bits per heavy atom. The summed E-state index contributed by atoms with van der Waals surface area (Å²) in [4.78, 5) is 0. The summed E-state index contributed by atoms with van der Waals surface area (Å²) < 4.78 is 15.4. The Bertz CT molecular complexity index is 593. The van der Waals surface area contributed by atoms with Crippen LogP contribution >= 0.6 is 0 Å². The fraction of sp³-hybridized carbons (Fsp3) is 0.467. The van der Waals surface area contributed by atoms with Gasteiger partial charge in [0.25, 0.3) is 0 Å². The number of hydrogen-bond donors (Lipinski definition) is 1. The molecule has 2 aromatic rings. The van der Waals surface area contributed by atoms with Gasteiger partial charge in [0, 0.05) is 19.0 Å². The summed E-state index contributed by atoms with van der Waals surface area (Å²) >= 11 is 0. The first-order chi connectivity index (χ1) is 9.74. The van der Waals surface area contributed by atoms with E-state index >= 15 is 0 Å². The zero-order chi connectivity index (χ0) is 13.9. The molecule has 1 atom stereocenters. The minimum Gasteiger partial charge on any atom is -0.314 e. The van der Waals surface area contributed by atoms with Crippen LogP contribution in [0.15, 0.2) is 24.3 Å². The van der Waals surface area contributed by atoms with Gasteiger partial charge in [-0.2, -0.15) is 0 Å². The fourth-order valence-electron chi connectivity index (χ4n) is 2.64. The SMILES string of the molecule is C[C@@H](NCc1nnc2n1CCCC2)c1cccc(F)c1. The highest BCUT2D eigenvalue weighted by atomic mass is 19.1. The largest absolute Gasteiger partial charge is 0.314 e. The average Bonchev–Trinajstić information content (AvgIpc) is 2.88. The number of hydrogen-bond acceptors (Lipinski definition) is 3. The van der Waals surface area contributed by atoms with E-state index in [0.717, 1.165) is 30.2 Å². The van der Waals surface area contributed by atoms with E-state index in [9.17, 15) is 4.39 Å². The molecule has 0 unspecified atom stereocenters. The molecule has 0 saturated heterocycles. The van der Waals surface area contributed by atoms with Crippen LogP contribution in [0.1, 0.15) is 43.0 Å². The van der Waals surface area contributed by atoms with Crippen molar-refractivity contribution < 1.29 is 4.39 Å². The molecule has 4 nitrogen and oxygen atoms in total. The van der Waals surface area contributed by atoms with Crippen LogP contribution < -0.4 is 5.32 Å². The molecule has 0 fully saturated rings. The molecule has 0 radical (unpaired) electrons. The fourth-order valence-corrected chi connectivity index (χ4v) is 2.64. The van der Waals surface area contributed by atoms with Gasteiger partial charge in [0.15, 0.2) is 0 Å². The molecule has 106 valence electrons. The summed E-state index contributed by atoms with van der Waals surface area (Å²) in [7, 11) is 0. The average molecular weight is 274 g/mol. The molecule has 20 heavy (non-hydrogen) atoms. The quantitative estimate of drug-likeness (QED) is 0.932. The molecule has 1 N–H and O–H groups in total. The topological polar surface area (TPSA) is 42.7 Å². The van der Waals surface area contributed by atoms with Crippen molar-refractivity contribution in [1.29, 1.82) is 0 Å². The molecule has 3 rings (SSSR count). The molecule has 1 aliphatic rings. The van der Waals surface area contributed by atoms with Crippen molar-refractivity contribution in [1.82, 2.24) is 20.1 Å². The molecule has 0 bridgehead atoms. The van der Waals surface area contributed by atoms with E-state index < -0.39 is 0 Å². The lowest BCUT2D eigenvalue weighted by molar-refractivity contribution is 0.483. The predicted octanol–water partition coefficient (Wildman–Crippen LogP) is 2.60. The van der Waals surface area contributed by atoms with Crippen LogP contribution in [-0.2, 0) is 19.5 Å². The van der Waals surface area contributed by atoms with Gasteiger partial charge in [0.2, 0.25) is 0 Å². The van der Waals surface area contributed by atoms with Crippen molar-refractivity contribution in [2.45, 2.75) is 45.3 Å². The summed E-state index contributed by atoms with van der Waals surface area (Å²) in [5.41, 5.74) is 0.948. The first-order valence-corrected chi connectivity index (χ1v) is 7.14. The number of aromatic nitrogens is 3. The first kappa shape index (κ1) is 13.2. The van der Waals surface area contributed by atoms with Gasteiger partial charge in [0.1, 0.15) is 17.5 Å². The Morgan fingerprint density at radius 3 is 3.10 bits per heavy atom. The lowest BCUT2D eigenvalue weighted by Crippen LogP contribution is -2.22. The van der Waals surface area contributed by atoms with Gasteiger partial charge in [-0.3, -0.25) is 0 Å². The van der Waals surface area contributed by atoms with Crippen LogP contribution in [0.2, 0.25) is 0 Å². The highest BCUT2D eigenvalue weighted by Crippen LogP contribution is 2.16. The van der Waals surface area contributed by atoms with Crippen LogP contribution in [0.3, 0.4) is 0 Å². The Balaban J connectivity index is 1.66. The maximum atomic E-state index is 13.2. The van der Waals surface area contributed by atoms with Gasteiger partial charge in [-0.25, -0.2) is 4.39 Å². The summed E-state index contributed by atoms with van der Waals surface area (Å²) in [6, 6.07) is 6.78. The maximum Gasteiger partial charge on any atom is 0.147 e. The number of aryl methyl sites for hydroxylation is 1. The Labute approximate surface area is 118 Å². The van der Waals surface area contributed by atoms with Gasteiger partial charge in [-0.15, -0.1) is 10.2 Å². The summed E-state index contributed by atoms with van der Waals surface area (Å²) in [6.07, 6.45) is 3.41. The van der Waals surface area contributed by atoms with Crippen molar-refractivity contribution in [2.24, 2.45) is 0 Å². The third-order valence-corrected chi connectivity index (χ3v) is 3.85. The van der Waals surface area contributed by atoms with Gasteiger partial charge in [-0.1, -0.05) is 12.1 Å². The number of nitrogens with zero attached hydrogens (tertiary/aromatic N) is 3. The van der Waals surface area contributed by atoms with Crippen LogP contribution in [0.5, 0.6) is 0 Å². The van der Waals surface area contributed by atoms with Crippen molar-refractivity contribution in [2.75, 3.05) is 0 Å². The number of rotatable bonds is 4. The zero-order valence-corrected chi connectivity index (χ0v) is 11.6. The molecule has 5 heteroatoms. The van der Waals surface area contributed by atoms with Crippen molar-refractivity contribution in [3.63, 3.8) is 0 Å². The van der Waals surface area contributed by atoms with Gasteiger partial charge in [0.05, 0.1) is 6.54 Å². The lowest BCUT2D eigenvalue weighted by Gasteiger charge is -2.17. The number of halogens is 1. The first-order valence-electron chi connectivity index (χ1n) is 7.14. The summed E-state index contributed by atoms with van der Waals surface area (Å²) in [5.74, 6) is 1.87. The number of fused-ring (bicyclic) bond motifs is 1. The summed E-state index contributed by atoms with van der Waals surface area (Å²) in [5, 5.41) is 11.9. The normalized spacial score (nSPS) is 15.9. The van der Waals surface area contributed by atoms with Crippen molar-refractivity contribution in [3.8, 4) is 0 Å². The number of nitrogens with one attached hydrogen (secondary N) is 1. The minimum atomic E-state index is -0.198. The lowest BCUT2D eigenvalue weighted by atomic mass is 10.1. The molecular formula is C15H19FN4. The molecule has 0 amide bonds. The Kier molecular flexibility index (Phi) is 3.78. The van der Waals surface area contributed by atoms with Gasteiger partial charge >= 0.3 is 0 Å². The highest BCUT2D eigenvalue weighted by molar-refractivity contribution is 5.19. The monoisotopic (exact) mass is 274 g/mol. The van der Waals surface area contributed by atoms with Crippen LogP contribution in [0.4, 0.5) is 4.39 Å². The van der Waals surface area contributed by atoms with Crippen LogP contribution in [0.25, 0.3) is 0 Å². The Hall–Kier alpha value is -1.75. The second-order valence-electron chi connectivity index (χ2n) is 5.30. The molecule has 1 aliphatic heterocycles. The standard InChI is InChI=1S/C15H19FN4/c1-11(12-5-4-6-13(16)9-12)17-10-15-19-18-14-7-2-3-8-20(14)15/h4-6,9,11,17H,2-3,7-8,10H2,1H3/t11-/m1/s1. The highest BCUT2D eigenvalue weighted by Gasteiger charge is 2.16. The molecule has 0 aliphatic carbocycles. The van der Waals surface area contributed by atoms with Crippen molar-refractivity contribution >= 4 is 0 Å². The third kappa shape index (κ3) is 2.72. The molecular weight excluding hydrogens is 255 g/mol. The van der Waals surface area contributed by atoms with Crippen LogP contribution in [-0.4, -0.2) is 14.8 Å². The van der Waals surface area contributed by atoms with E-state index in [-0.39, 0.29) is 11.9 Å². The maximum absolute atomic E-state index is 13.2. The summed E-state index contributed by atoms with van der Waals surface area (Å²) in [6.45, 7) is 3.70. The molecule has 0 spiro atoms. The molecule has 0 saturated carbocycles. The zero-order valence-electron chi connectivity index (χ0n) is 11.6. The van der Waals surface area contributed by atoms with Crippen LogP contribution in [0, 0.1) is 5.82 Å². The number of benzene rings is 1. The van der Waals surface area contributed by atoms with E-state index in [1.807, 2.05) is 13.0 Å². The Morgan fingerprint density at radius 1 is 1.35 bits per heavy atom. The van der Waals surface area contributed by atoms with E-state index in [1.54, 1.807) is 12.1 Å². The second-order valence-corrected chi connectivity index (χ2v) is 5.30. The molecule has 2 heterocycles. The molecule has 1 aromatic heterocycles. The van der Waals surface area contributed by atoms with E-state index in [4.69, 9.17) is 0 Å². The van der Waals surface area contributed by atoms with E-state index in [1.165, 1.54) is 18.9 Å². The third-order valence-electron chi connectivity index (χ3n) is 3.85. The van der Waals surface area contributed by atoms with E-state index in [2.05, 4.69) is 20.1 Å². The minimum absolute atomic E-state index is 0.0854. The smallest absolute Gasteiger partial charge is 0.147 e. The predicted molar refractivity (Wildman–Crippen MR) is 74.6 cm³/mol. The second kappa shape index (κ2) is 5.71.